The van der Waals surface area contributed by atoms with Gasteiger partial charge in [-0.3, -0.25) is 9.97 Å². The van der Waals surface area contributed by atoms with Gasteiger partial charge in [0.15, 0.2) is 0 Å². The number of nitrogens with one attached hydrogen (secondary N) is 1. The second kappa shape index (κ2) is 6.33. The molecule has 0 amide bonds. The number of nitrogens with zero attached hydrogens (tertiary/aromatic N) is 2. The predicted molar refractivity (Wildman–Crippen MR) is 88.7 cm³/mol. The van der Waals surface area contributed by atoms with Gasteiger partial charge in [-0.1, -0.05) is 13.0 Å². The van der Waals surface area contributed by atoms with Gasteiger partial charge < -0.3 is 5.32 Å². The molecular weight excluding hydrogens is 278 g/mol. The lowest BCUT2D eigenvalue weighted by molar-refractivity contribution is 0.596. The second-order valence-electron chi connectivity index (χ2n) is 5.19. The van der Waals surface area contributed by atoms with Crippen LogP contribution in [0.1, 0.15) is 36.2 Å². The van der Waals surface area contributed by atoms with Crippen LogP contribution in [0.5, 0.6) is 0 Å². The van der Waals surface area contributed by atoms with Crippen molar-refractivity contribution in [2.24, 2.45) is 0 Å². The number of hydrogen-bond donors (Lipinski definition) is 1. The lowest BCUT2D eigenvalue weighted by Crippen LogP contribution is -2.23. The molecule has 3 heterocycles. The van der Waals surface area contributed by atoms with Crippen LogP contribution in [0.3, 0.4) is 0 Å². The van der Waals surface area contributed by atoms with E-state index in [4.69, 9.17) is 0 Å². The average Bonchev–Trinajstić information content (AvgIpc) is 2.97. The first-order valence-electron chi connectivity index (χ1n) is 7.27. The summed E-state index contributed by atoms with van der Waals surface area (Å²) in [7, 11) is 0. The number of pyridine rings is 2. The Labute approximate surface area is 129 Å². The molecule has 1 N–H and O–H groups in total. The highest BCUT2D eigenvalue weighted by atomic mass is 32.1. The maximum Gasteiger partial charge on any atom is 0.0809 e. The minimum atomic E-state index is 0.150. The molecule has 0 bridgehead atoms. The summed E-state index contributed by atoms with van der Waals surface area (Å²) < 4.78 is 1.23. The predicted octanol–water partition coefficient (Wildman–Crippen LogP) is 4.09. The minimum absolute atomic E-state index is 0.150. The van der Waals surface area contributed by atoms with Gasteiger partial charge in [-0.05, 0) is 54.6 Å². The van der Waals surface area contributed by atoms with Crippen molar-refractivity contribution in [3.63, 3.8) is 0 Å². The molecule has 0 radical (unpaired) electrons. The Kier molecular flexibility index (Phi) is 4.27. The lowest BCUT2D eigenvalue weighted by atomic mass is 10.0. The monoisotopic (exact) mass is 297 g/mol. The molecule has 3 aromatic rings. The van der Waals surface area contributed by atoms with Gasteiger partial charge in [0.1, 0.15) is 0 Å². The van der Waals surface area contributed by atoms with Gasteiger partial charge in [-0.25, -0.2) is 0 Å². The van der Waals surface area contributed by atoms with Crippen LogP contribution in [0.4, 0.5) is 0 Å². The number of hydrogen-bond acceptors (Lipinski definition) is 4. The van der Waals surface area contributed by atoms with E-state index in [-0.39, 0.29) is 6.04 Å². The zero-order valence-corrected chi connectivity index (χ0v) is 13.2. The molecule has 0 saturated heterocycles. The number of aromatic nitrogens is 2. The molecule has 0 aromatic carbocycles. The normalized spacial score (nSPS) is 12.7. The van der Waals surface area contributed by atoms with Gasteiger partial charge in [-0.15, -0.1) is 11.3 Å². The maximum absolute atomic E-state index is 4.56. The van der Waals surface area contributed by atoms with Crippen LogP contribution in [0.15, 0.2) is 42.0 Å². The van der Waals surface area contributed by atoms with E-state index in [2.05, 4.69) is 51.9 Å². The smallest absolute Gasteiger partial charge is 0.0809 e. The van der Waals surface area contributed by atoms with Crippen molar-refractivity contribution >= 4 is 21.6 Å². The summed E-state index contributed by atoms with van der Waals surface area (Å²) in [5.41, 5.74) is 4.50. The summed E-state index contributed by atoms with van der Waals surface area (Å²) in [5, 5.41) is 5.69. The highest BCUT2D eigenvalue weighted by molar-refractivity contribution is 7.17. The van der Waals surface area contributed by atoms with Crippen LogP contribution in [0.2, 0.25) is 0 Å². The maximum atomic E-state index is 4.56. The van der Waals surface area contributed by atoms with Crippen molar-refractivity contribution < 1.29 is 0 Å². The third-order valence-electron chi connectivity index (χ3n) is 3.52. The van der Waals surface area contributed by atoms with Crippen LogP contribution in [-0.4, -0.2) is 16.5 Å². The van der Waals surface area contributed by atoms with E-state index in [1.165, 1.54) is 15.8 Å². The first kappa shape index (κ1) is 14.2. The fourth-order valence-corrected chi connectivity index (χ4v) is 3.18. The van der Waals surface area contributed by atoms with Crippen molar-refractivity contribution in [3.8, 4) is 0 Å². The van der Waals surface area contributed by atoms with Crippen LogP contribution in [0, 0.1) is 6.92 Å². The third-order valence-corrected chi connectivity index (χ3v) is 4.38. The Hall–Kier alpha value is -1.78. The van der Waals surface area contributed by atoms with Crippen molar-refractivity contribution in [1.29, 1.82) is 0 Å². The molecule has 0 spiro atoms. The number of rotatable bonds is 5. The van der Waals surface area contributed by atoms with Crippen molar-refractivity contribution in [2.75, 3.05) is 6.54 Å². The van der Waals surface area contributed by atoms with Crippen LogP contribution in [0.25, 0.3) is 10.2 Å². The summed E-state index contributed by atoms with van der Waals surface area (Å²) in [6, 6.07) is 8.66. The summed E-state index contributed by atoms with van der Waals surface area (Å²) in [6.45, 7) is 5.16. The number of fused-ring (bicyclic) bond motifs is 1. The zero-order chi connectivity index (χ0) is 14.7. The molecule has 3 rings (SSSR count). The van der Waals surface area contributed by atoms with Crippen molar-refractivity contribution in [2.45, 2.75) is 26.3 Å². The molecule has 0 saturated carbocycles. The largest absolute Gasteiger partial charge is 0.306 e. The average molecular weight is 297 g/mol. The van der Waals surface area contributed by atoms with Crippen molar-refractivity contribution in [3.05, 3.63) is 58.9 Å². The Morgan fingerprint density at radius 3 is 2.76 bits per heavy atom. The molecule has 108 valence electrons. The second-order valence-corrected chi connectivity index (χ2v) is 6.14. The number of thiophene rings is 1. The Morgan fingerprint density at radius 2 is 2.00 bits per heavy atom. The lowest BCUT2D eigenvalue weighted by Gasteiger charge is -2.19. The van der Waals surface area contributed by atoms with Gasteiger partial charge in [0, 0.05) is 18.1 Å². The molecule has 4 heteroatoms. The van der Waals surface area contributed by atoms with E-state index in [9.17, 15) is 0 Å². The minimum Gasteiger partial charge on any atom is -0.306 e. The van der Waals surface area contributed by atoms with E-state index in [0.717, 1.165) is 24.2 Å². The van der Waals surface area contributed by atoms with E-state index in [1.807, 2.05) is 19.3 Å². The topological polar surface area (TPSA) is 37.8 Å². The molecule has 0 fully saturated rings. The Bertz CT molecular complexity index is 718. The van der Waals surface area contributed by atoms with Crippen LogP contribution < -0.4 is 5.32 Å². The molecular formula is C17H19N3S. The van der Waals surface area contributed by atoms with Gasteiger partial charge in [0.25, 0.3) is 0 Å². The van der Waals surface area contributed by atoms with Crippen molar-refractivity contribution in [1.82, 2.24) is 15.3 Å². The first-order valence-corrected chi connectivity index (χ1v) is 8.15. The fraction of sp³-hybridized carbons (Fsp3) is 0.294. The van der Waals surface area contributed by atoms with E-state index in [0.29, 0.717) is 0 Å². The quantitative estimate of drug-likeness (QED) is 0.771. The summed E-state index contributed by atoms with van der Waals surface area (Å²) in [4.78, 5) is 8.99. The molecule has 0 aliphatic rings. The Morgan fingerprint density at radius 1 is 1.14 bits per heavy atom. The highest BCUT2D eigenvalue weighted by Gasteiger charge is 2.15. The molecule has 21 heavy (non-hydrogen) atoms. The Balaban J connectivity index is 1.99. The summed E-state index contributed by atoms with van der Waals surface area (Å²) >= 11 is 1.73. The summed E-state index contributed by atoms with van der Waals surface area (Å²) in [6.07, 6.45) is 5.04. The van der Waals surface area contributed by atoms with Gasteiger partial charge >= 0.3 is 0 Å². The third kappa shape index (κ3) is 3.12. The molecule has 3 nitrogen and oxygen atoms in total. The molecule has 0 aliphatic carbocycles. The van der Waals surface area contributed by atoms with Gasteiger partial charge in [-0.2, -0.15) is 0 Å². The zero-order valence-electron chi connectivity index (χ0n) is 12.3. The fourth-order valence-electron chi connectivity index (χ4n) is 2.39. The van der Waals surface area contributed by atoms with E-state index >= 15 is 0 Å². The van der Waals surface area contributed by atoms with Crippen LogP contribution >= 0.6 is 11.3 Å². The molecule has 0 aliphatic heterocycles. The van der Waals surface area contributed by atoms with E-state index < -0.39 is 0 Å². The first-order chi connectivity index (χ1) is 10.3. The molecule has 1 atom stereocenters. The SMILES string of the molecule is CCCNC(c1ccc(C)nc1)c1cnc2ccsc2c1. The van der Waals surface area contributed by atoms with Gasteiger partial charge in [0.2, 0.25) is 0 Å². The van der Waals surface area contributed by atoms with Gasteiger partial charge in [0.05, 0.1) is 16.3 Å². The highest BCUT2D eigenvalue weighted by Crippen LogP contribution is 2.26. The number of aryl methyl sites for hydroxylation is 1. The van der Waals surface area contributed by atoms with E-state index in [1.54, 1.807) is 11.3 Å². The van der Waals surface area contributed by atoms with Crippen LogP contribution in [-0.2, 0) is 0 Å². The summed E-state index contributed by atoms with van der Waals surface area (Å²) in [5.74, 6) is 0. The molecule has 3 aromatic heterocycles. The molecule has 1 unspecified atom stereocenters. The standard InChI is InChI=1S/C17H19N3S/c1-3-7-18-17(13-5-4-12(2)19-10-13)14-9-16-15(20-11-14)6-8-21-16/h4-6,8-11,17-18H,3,7H2,1-2H3.